The molecule has 0 spiro atoms. The molecule has 2 aromatic rings. The van der Waals surface area contributed by atoms with E-state index in [1.54, 1.807) is 35.4 Å². The van der Waals surface area contributed by atoms with Gasteiger partial charge in [0.1, 0.15) is 0 Å². The molecule has 0 atom stereocenters. The van der Waals surface area contributed by atoms with E-state index in [0.717, 1.165) is 5.69 Å². The van der Waals surface area contributed by atoms with Gasteiger partial charge in [0.2, 0.25) is 5.91 Å². The summed E-state index contributed by atoms with van der Waals surface area (Å²) in [4.78, 5) is 26.8. The largest absolute Gasteiger partial charge is 0.468 e. The van der Waals surface area contributed by atoms with Gasteiger partial charge in [-0.3, -0.25) is 9.59 Å². The second-order valence-electron chi connectivity index (χ2n) is 4.56. The number of thioether (sulfide) groups is 1. The molecule has 6 nitrogen and oxygen atoms in total. The van der Waals surface area contributed by atoms with E-state index in [4.69, 9.17) is 11.6 Å². The lowest BCUT2D eigenvalue weighted by Crippen LogP contribution is -2.13. The highest BCUT2D eigenvalue weighted by molar-refractivity contribution is 7.99. The van der Waals surface area contributed by atoms with Crippen LogP contribution in [-0.2, 0) is 14.3 Å². The number of nitrogens with zero attached hydrogens (tertiary/aromatic N) is 2. The number of nitrogens with one attached hydrogen (secondary N) is 1. The SMILES string of the molecule is COC(=O)CSCCC(=O)Nc1ccc(-n2ccnc2)c(Cl)c1. The van der Waals surface area contributed by atoms with Gasteiger partial charge < -0.3 is 14.6 Å². The number of benzene rings is 1. The minimum absolute atomic E-state index is 0.131. The van der Waals surface area contributed by atoms with Crippen LogP contribution >= 0.6 is 23.4 Å². The summed E-state index contributed by atoms with van der Waals surface area (Å²) in [6.45, 7) is 0. The van der Waals surface area contributed by atoms with Crippen molar-refractivity contribution >= 4 is 40.9 Å². The molecular formula is C15H16ClN3O3S. The lowest BCUT2D eigenvalue weighted by molar-refractivity contribution is -0.137. The highest BCUT2D eigenvalue weighted by Gasteiger charge is 2.07. The van der Waals surface area contributed by atoms with Crippen LogP contribution in [0.4, 0.5) is 5.69 Å². The van der Waals surface area contributed by atoms with Gasteiger partial charge in [-0.2, -0.15) is 0 Å². The van der Waals surface area contributed by atoms with Crippen LogP contribution in [0.15, 0.2) is 36.9 Å². The van der Waals surface area contributed by atoms with Crippen LogP contribution in [0.1, 0.15) is 6.42 Å². The number of carbonyl (C=O) groups is 2. The molecule has 0 fully saturated rings. The predicted molar refractivity (Wildman–Crippen MR) is 91.2 cm³/mol. The Bertz CT molecular complexity index is 677. The fourth-order valence-electron chi connectivity index (χ4n) is 1.80. The van der Waals surface area contributed by atoms with Crippen LogP contribution in [0.3, 0.4) is 0 Å². The average molecular weight is 354 g/mol. The van der Waals surface area contributed by atoms with E-state index < -0.39 is 0 Å². The monoisotopic (exact) mass is 353 g/mol. The fourth-order valence-corrected chi connectivity index (χ4v) is 2.84. The first-order valence-electron chi connectivity index (χ1n) is 6.82. The van der Waals surface area contributed by atoms with Crippen LogP contribution in [-0.4, -0.2) is 40.0 Å². The Hall–Kier alpha value is -1.99. The number of amides is 1. The maximum Gasteiger partial charge on any atom is 0.315 e. The smallest absolute Gasteiger partial charge is 0.315 e. The Morgan fingerprint density at radius 1 is 1.43 bits per heavy atom. The van der Waals surface area contributed by atoms with E-state index in [2.05, 4.69) is 15.0 Å². The molecule has 1 N–H and O–H groups in total. The molecule has 0 radical (unpaired) electrons. The number of aromatic nitrogens is 2. The summed E-state index contributed by atoms with van der Waals surface area (Å²) >= 11 is 7.58. The van der Waals surface area contributed by atoms with Crippen LogP contribution < -0.4 is 5.32 Å². The van der Waals surface area contributed by atoms with Gasteiger partial charge in [-0.05, 0) is 18.2 Å². The standard InChI is InChI=1S/C15H16ClN3O3S/c1-22-15(21)9-23-7-4-14(20)18-11-2-3-13(12(16)8-11)19-6-5-17-10-19/h2-3,5-6,8,10H,4,7,9H2,1H3,(H,18,20). The lowest BCUT2D eigenvalue weighted by atomic mass is 10.2. The van der Waals surface area contributed by atoms with Crippen molar-refractivity contribution in [3.8, 4) is 5.69 Å². The van der Waals surface area contributed by atoms with E-state index in [9.17, 15) is 9.59 Å². The molecule has 0 aliphatic carbocycles. The zero-order valence-corrected chi connectivity index (χ0v) is 14.1. The first kappa shape index (κ1) is 17.4. The summed E-state index contributed by atoms with van der Waals surface area (Å²) in [5.74, 6) is 0.364. The summed E-state index contributed by atoms with van der Waals surface area (Å²) in [7, 11) is 1.34. The normalized spacial score (nSPS) is 10.3. The number of anilines is 1. The Morgan fingerprint density at radius 2 is 2.26 bits per heavy atom. The summed E-state index contributed by atoms with van der Waals surface area (Å²) in [6, 6.07) is 5.28. The molecule has 8 heteroatoms. The van der Waals surface area contributed by atoms with E-state index in [1.165, 1.54) is 18.9 Å². The van der Waals surface area contributed by atoms with E-state index in [1.807, 2.05) is 6.07 Å². The lowest BCUT2D eigenvalue weighted by Gasteiger charge is -2.09. The zero-order chi connectivity index (χ0) is 16.7. The third-order valence-electron chi connectivity index (χ3n) is 2.94. The molecule has 1 heterocycles. The number of esters is 1. The van der Waals surface area contributed by atoms with Crippen LogP contribution in [0.25, 0.3) is 5.69 Å². The molecule has 0 aliphatic heterocycles. The molecule has 23 heavy (non-hydrogen) atoms. The van der Waals surface area contributed by atoms with E-state index in [-0.39, 0.29) is 17.6 Å². The highest BCUT2D eigenvalue weighted by atomic mass is 35.5. The quantitative estimate of drug-likeness (QED) is 0.612. The van der Waals surface area contributed by atoms with Crippen molar-refractivity contribution in [3.63, 3.8) is 0 Å². The number of rotatable bonds is 7. The Balaban J connectivity index is 1.84. The van der Waals surface area contributed by atoms with Crippen molar-refractivity contribution in [1.29, 1.82) is 0 Å². The topological polar surface area (TPSA) is 73.2 Å². The van der Waals surface area contributed by atoms with Crippen molar-refractivity contribution in [1.82, 2.24) is 9.55 Å². The van der Waals surface area contributed by atoms with Gasteiger partial charge in [0.05, 0.1) is 29.9 Å². The van der Waals surface area contributed by atoms with Crippen molar-refractivity contribution in [3.05, 3.63) is 41.9 Å². The summed E-state index contributed by atoms with van der Waals surface area (Å²) in [5, 5.41) is 3.29. The fraction of sp³-hybridized carbons (Fsp3) is 0.267. The summed E-state index contributed by atoms with van der Waals surface area (Å²) in [5.41, 5.74) is 1.41. The Kier molecular flexibility index (Phi) is 6.49. The maximum atomic E-state index is 11.9. The van der Waals surface area contributed by atoms with Gasteiger partial charge in [0, 0.05) is 30.3 Å². The third kappa shape index (κ3) is 5.30. The van der Waals surface area contributed by atoms with E-state index in [0.29, 0.717) is 22.9 Å². The van der Waals surface area contributed by atoms with Gasteiger partial charge in [-0.25, -0.2) is 4.98 Å². The van der Waals surface area contributed by atoms with E-state index >= 15 is 0 Å². The summed E-state index contributed by atoms with van der Waals surface area (Å²) < 4.78 is 6.32. The number of hydrogen-bond acceptors (Lipinski definition) is 5. The Labute approximate surface area is 143 Å². The minimum atomic E-state index is -0.294. The molecule has 0 saturated heterocycles. The van der Waals surface area contributed by atoms with Crippen molar-refractivity contribution in [2.45, 2.75) is 6.42 Å². The number of carbonyl (C=O) groups excluding carboxylic acids is 2. The van der Waals surface area contributed by atoms with Gasteiger partial charge in [0.15, 0.2) is 0 Å². The maximum absolute atomic E-state index is 11.9. The van der Waals surface area contributed by atoms with Crippen LogP contribution in [0.5, 0.6) is 0 Å². The second-order valence-corrected chi connectivity index (χ2v) is 6.08. The number of hydrogen-bond donors (Lipinski definition) is 1. The number of halogens is 1. The number of imidazole rings is 1. The van der Waals surface area contributed by atoms with Crippen molar-refractivity contribution in [2.24, 2.45) is 0 Å². The second kappa shape index (κ2) is 8.59. The molecule has 1 aromatic carbocycles. The van der Waals surface area contributed by atoms with Crippen LogP contribution in [0.2, 0.25) is 5.02 Å². The number of methoxy groups -OCH3 is 1. The molecule has 0 bridgehead atoms. The third-order valence-corrected chi connectivity index (χ3v) is 4.17. The van der Waals surface area contributed by atoms with Crippen molar-refractivity contribution in [2.75, 3.05) is 23.9 Å². The average Bonchev–Trinajstić information content (AvgIpc) is 3.05. The molecule has 1 aromatic heterocycles. The first-order valence-corrected chi connectivity index (χ1v) is 8.35. The van der Waals surface area contributed by atoms with Crippen LogP contribution in [0, 0.1) is 0 Å². The molecule has 0 aliphatic rings. The molecule has 122 valence electrons. The van der Waals surface area contributed by atoms with Gasteiger partial charge >= 0.3 is 5.97 Å². The number of ether oxygens (including phenoxy) is 1. The molecule has 2 rings (SSSR count). The minimum Gasteiger partial charge on any atom is -0.468 e. The zero-order valence-electron chi connectivity index (χ0n) is 12.5. The van der Waals surface area contributed by atoms with Crippen molar-refractivity contribution < 1.29 is 14.3 Å². The molecule has 0 saturated carbocycles. The Morgan fingerprint density at radius 3 is 2.91 bits per heavy atom. The first-order chi connectivity index (χ1) is 11.1. The summed E-state index contributed by atoms with van der Waals surface area (Å²) in [6.07, 6.45) is 5.41. The molecule has 1 amide bonds. The molecular weight excluding hydrogens is 338 g/mol. The van der Waals surface area contributed by atoms with Gasteiger partial charge in [0.25, 0.3) is 0 Å². The molecule has 0 unspecified atom stereocenters. The van der Waals surface area contributed by atoms with Gasteiger partial charge in [-0.1, -0.05) is 11.6 Å². The highest BCUT2D eigenvalue weighted by Crippen LogP contribution is 2.24. The van der Waals surface area contributed by atoms with Gasteiger partial charge in [-0.15, -0.1) is 11.8 Å². The predicted octanol–water partition coefficient (Wildman–Crippen LogP) is 2.76.